The van der Waals surface area contributed by atoms with Crippen molar-refractivity contribution in [1.82, 2.24) is 19.7 Å². The van der Waals surface area contributed by atoms with E-state index in [4.69, 9.17) is 9.84 Å². The molecule has 0 saturated heterocycles. The molecule has 0 saturated carbocycles. The van der Waals surface area contributed by atoms with Crippen LogP contribution in [0, 0.1) is 5.82 Å². The van der Waals surface area contributed by atoms with Crippen molar-refractivity contribution in [2.24, 2.45) is 0 Å². The van der Waals surface area contributed by atoms with Crippen LogP contribution in [-0.4, -0.2) is 33.3 Å². The minimum atomic E-state index is -0.351. The van der Waals surface area contributed by atoms with Crippen LogP contribution in [0.3, 0.4) is 0 Å². The third kappa shape index (κ3) is 4.81. The summed E-state index contributed by atoms with van der Waals surface area (Å²) in [6.07, 6.45) is 5.59. The first-order valence-electron chi connectivity index (χ1n) is 10.3. The second-order valence-electron chi connectivity index (χ2n) is 7.29. The highest BCUT2D eigenvalue weighted by atomic mass is 19.1. The van der Waals surface area contributed by atoms with E-state index in [-0.39, 0.29) is 5.82 Å². The van der Waals surface area contributed by atoms with E-state index < -0.39 is 0 Å². The van der Waals surface area contributed by atoms with E-state index in [9.17, 15) is 4.39 Å². The van der Waals surface area contributed by atoms with Crippen molar-refractivity contribution in [3.8, 4) is 22.7 Å². The summed E-state index contributed by atoms with van der Waals surface area (Å²) in [5.74, 6) is 0.134. The molecule has 0 spiro atoms. The second-order valence-corrected chi connectivity index (χ2v) is 7.29. The summed E-state index contributed by atoms with van der Waals surface area (Å²) < 4.78 is 21.9. The Morgan fingerprint density at radius 3 is 2.45 bits per heavy atom. The van der Waals surface area contributed by atoms with Gasteiger partial charge in [-0.05, 0) is 48.5 Å². The molecule has 0 atom stereocenters. The Kier molecular flexibility index (Phi) is 6.38. The van der Waals surface area contributed by atoms with Crippen LogP contribution in [0.25, 0.3) is 16.9 Å². The molecule has 0 aliphatic rings. The molecule has 6 heteroatoms. The number of nitrogens with zero attached hydrogens (tertiary/aromatic N) is 4. The number of halogens is 1. The van der Waals surface area contributed by atoms with Gasteiger partial charge in [-0.15, -0.1) is 0 Å². The van der Waals surface area contributed by atoms with Crippen molar-refractivity contribution < 1.29 is 9.13 Å². The number of methoxy groups -OCH3 is 1. The Labute approximate surface area is 181 Å². The van der Waals surface area contributed by atoms with Crippen LogP contribution >= 0.6 is 0 Å². The van der Waals surface area contributed by atoms with Gasteiger partial charge in [-0.2, -0.15) is 5.10 Å². The fraction of sp³-hybridized carbons (Fsp3) is 0.200. The zero-order chi connectivity index (χ0) is 21.6. The van der Waals surface area contributed by atoms with Crippen LogP contribution in [0.15, 0.2) is 79.3 Å². The minimum absolute atomic E-state index is 0.351. The Hall–Kier alpha value is -3.51. The highest BCUT2D eigenvalue weighted by Crippen LogP contribution is 2.30. The van der Waals surface area contributed by atoms with Crippen molar-refractivity contribution in [3.05, 3.63) is 96.2 Å². The van der Waals surface area contributed by atoms with Crippen molar-refractivity contribution in [1.29, 1.82) is 0 Å². The monoisotopic (exact) mass is 416 g/mol. The zero-order valence-electron chi connectivity index (χ0n) is 17.7. The van der Waals surface area contributed by atoms with Gasteiger partial charge in [-0.25, -0.2) is 9.07 Å². The summed E-state index contributed by atoms with van der Waals surface area (Å²) in [4.78, 5) is 6.39. The maximum absolute atomic E-state index is 14.9. The highest BCUT2D eigenvalue weighted by molar-refractivity contribution is 5.65. The molecule has 5 nitrogen and oxygen atoms in total. The van der Waals surface area contributed by atoms with E-state index in [0.29, 0.717) is 23.6 Å². The summed E-state index contributed by atoms with van der Waals surface area (Å²) in [6, 6.07) is 18.8. The lowest BCUT2D eigenvalue weighted by molar-refractivity contribution is 0.271. The molecule has 4 aromatic rings. The number of hydrogen-bond acceptors (Lipinski definition) is 4. The van der Waals surface area contributed by atoms with Gasteiger partial charge in [0.1, 0.15) is 17.3 Å². The molecular weight excluding hydrogens is 391 g/mol. The predicted octanol–water partition coefficient (Wildman–Crippen LogP) is 5.10. The van der Waals surface area contributed by atoms with Gasteiger partial charge in [0.25, 0.3) is 0 Å². The smallest absolute Gasteiger partial charge is 0.136 e. The van der Waals surface area contributed by atoms with Crippen LogP contribution in [-0.2, 0) is 13.1 Å². The molecule has 0 aliphatic carbocycles. The molecule has 2 heterocycles. The largest absolute Gasteiger partial charge is 0.497 e. The summed E-state index contributed by atoms with van der Waals surface area (Å²) in [6.45, 7) is 4.40. The Morgan fingerprint density at radius 1 is 1.00 bits per heavy atom. The topological polar surface area (TPSA) is 43.2 Å². The van der Waals surface area contributed by atoms with E-state index in [0.717, 1.165) is 24.3 Å². The van der Waals surface area contributed by atoms with Gasteiger partial charge in [-0.3, -0.25) is 9.88 Å². The summed E-state index contributed by atoms with van der Waals surface area (Å²) in [5.41, 5.74) is 4.18. The van der Waals surface area contributed by atoms with Crippen LogP contribution in [0.5, 0.6) is 5.75 Å². The first-order chi connectivity index (χ1) is 15.2. The van der Waals surface area contributed by atoms with Crippen LogP contribution in [0.2, 0.25) is 0 Å². The van der Waals surface area contributed by atoms with Gasteiger partial charge in [0.05, 0.1) is 12.8 Å². The Bertz CT molecular complexity index is 1130. The maximum atomic E-state index is 14.9. The molecule has 0 radical (unpaired) electrons. The van der Waals surface area contributed by atoms with E-state index in [1.54, 1.807) is 24.5 Å². The molecule has 2 aromatic carbocycles. The highest BCUT2D eigenvalue weighted by Gasteiger charge is 2.18. The lowest BCUT2D eigenvalue weighted by Crippen LogP contribution is -2.22. The second kappa shape index (κ2) is 9.53. The molecule has 0 bridgehead atoms. The Morgan fingerprint density at radius 2 is 1.77 bits per heavy atom. The van der Waals surface area contributed by atoms with E-state index in [2.05, 4.69) is 16.8 Å². The molecular formula is C25H25FN4O. The van der Waals surface area contributed by atoms with Gasteiger partial charge in [-0.1, -0.05) is 25.1 Å². The average Bonchev–Trinajstić information content (AvgIpc) is 3.23. The average molecular weight is 417 g/mol. The van der Waals surface area contributed by atoms with Gasteiger partial charge in [0, 0.05) is 48.9 Å². The Balaban J connectivity index is 1.72. The first-order valence-corrected chi connectivity index (χ1v) is 10.3. The molecule has 0 unspecified atom stereocenters. The van der Waals surface area contributed by atoms with E-state index in [1.807, 2.05) is 53.3 Å². The number of para-hydroxylation sites is 1. The standard InChI is InChI=1S/C25H25FN4O/c1-3-29(16-19-11-13-27-14-12-19)17-20-18-30(21-7-5-4-6-8-21)28-25(20)23-10-9-22(31-2)15-24(23)26/h4-15,18H,3,16-17H2,1-2H3. The van der Waals surface area contributed by atoms with E-state index >= 15 is 0 Å². The third-order valence-electron chi connectivity index (χ3n) is 5.24. The number of pyridine rings is 1. The van der Waals surface area contributed by atoms with Crippen molar-refractivity contribution in [2.75, 3.05) is 13.7 Å². The lowest BCUT2D eigenvalue weighted by atomic mass is 10.1. The fourth-order valence-corrected chi connectivity index (χ4v) is 3.55. The van der Waals surface area contributed by atoms with Crippen LogP contribution < -0.4 is 4.74 Å². The van der Waals surface area contributed by atoms with Gasteiger partial charge < -0.3 is 4.74 Å². The van der Waals surface area contributed by atoms with Crippen molar-refractivity contribution in [2.45, 2.75) is 20.0 Å². The third-order valence-corrected chi connectivity index (χ3v) is 5.24. The summed E-state index contributed by atoms with van der Waals surface area (Å²) >= 11 is 0. The zero-order valence-corrected chi connectivity index (χ0v) is 17.7. The van der Waals surface area contributed by atoms with Crippen molar-refractivity contribution in [3.63, 3.8) is 0 Å². The van der Waals surface area contributed by atoms with Gasteiger partial charge in [0.2, 0.25) is 0 Å². The molecule has 0 N–H and O–H groups in total. The molecule has 0 aliphatic heterocycles. The fourth-order valence-electron chi connectivity index (χ4n) is 3.55. The number of rotatable bonds is 8. The van der Waals surface area contributed by atoms with Gasteiger partial charge in [0.15, 0.2) is 0 Å². The lowest BCUT2D eigenvalue weighted by Gasteiger charge is -2.20. The molecule has 2 aromatic heterocycles. The van der Waals surface area contributed by atoms with Crippen LogP contribution in [0.4, 0.5) is 4.39 Å². The number of hydrogen-bond donors (Lipinski definition) is 0. The van der Waals surface area contributed by atoms with Crippen molar-refractivity contribution >= 4 is 0 Å². The first kappa shape index (κ1) is 20.8. The number of aromatic nitrogens is 3. The molecule has 0 fully saturated rings. The minimum Gasteiger partial charge on any atom is -0.497 e. The number of benzene rings is 2. The molecule has 0 amide bonds. The van der Waals surface area contributed by atoms with E-state index in [1.165, 1.54) is 18.7 Å². The molecule has 31 heavy (non-hydrogen) atoms. The molecule has 158 valence electrons. The maximum Gasteiger partial charge on any atom is 0.136 e. The normalized spacial score (nSPS) is 11.1. The molecule has 4 rings (SSSR count). The van der Waals surface area contributed by atoms with Gasteiger partial charge >= 0.3 is 0 Å². The number of ether oxygens (including phenoxy) is 1. The quantitative estimate of drug-likeness (QED) is 0.401. The summed E-state index contributed by atoms with van der Waals surface area (Å²) in [7, 11) is 1.53. The SMILES string of the molecule is CCN(Cc1ccncc1)Cc1cn(-c2ccccc2)nc1-c1ccc(OC)cc1F. The van der Waals surface area contributed by atoms with Crippen LogP contribution in [0.1, 0.15) is 18.1 Å². The predicted molar refractivity (Wildman–Crippen MR) is 120 cm³/mol. The summed E-state index contributed by atoms with van der Waals surface area (Å²) in [5, 5.41) is 4.76.